The summed E-state index contributed by atoms with van der Waals surface area (Å²) in [6.07, 6.45) is 0.883. The number of carboxylic acid groups (broad SMARTS) is 1. The van der Waals surface area contributed by atoms with Crippen LogP contribution in [0.2, 0.25) is 0 Å². The summed E-state index contributed by atoms with van der Waals surface area (Å²) in [5.41, 5.74) is 0. The fourth-order valence-electron chi connectivity index (χ4n) is 1.44. The standard InChI is InChI=1S/C12H24N2O3/c1-6-10(4)13(5)12(17)14(7-2)8-9(3)11(15)16/h9-10H,6-8H2,1-5H3,(H,15,16). The van der Waals surface area contributed by atoms with Crippen LogP contribution in [0.4, 0.5) is 4.79 Å². The summed E-state index contributed by atoms with van der Waals surface area (Å²) in [6, 6.07) is 0.0617. The van der Waals surface area contributed by atoms with Crippen molar-refractivity contribution in [2.24, 2.45) is 5.92 Å². The number of nitrogens with zero attached hydrogens (tertiary/aromatic N) is 2. The van der Waals surface area contributed by atoms with Gasteiger partial charge in [0.25, 0.3) is 0 Å². The minimum atomic E-state index is -0.873. The molecule has 2 atom stereocenters. The van der Waals surface area contributed by atoms with Gasteiger partial charge >= 0.3 is 12.0 Å². The maximum atomic E-state index is 12.1. The number of urea groups is 1. The first-order chi connectivity index (χ1) is 7.84. The molecule has 0 radical (unpaired) electrons. The molecule has 0 heterocycles. The third-order valence-corrected chi connectivity index (χ3v) is 3.12. The number of hydrogen-bond donors (Lipinski definition) is 1. The summed E-state index contributed by atoms with van der Waals surface area (Å²) in [4.78, 5) is 26.1. The number of hydrogen-bond acceptors (Lipinski definition) is 2. The molecule has 0 bridgehead atoms. The van der Waals surface area contributed by atoms with Crippen molar-refractivity contribution in [1.82, 2.24) is 9.80 Å². The van der Waals surface area contributed by atoms with Crippen LogP contribution in [0, 0.1) is 5.92 Å². The number of carbonyl (C=O) groups is 2. The van der Waals surface area contributed by atoms with E-state index in [4.69, 9.17) is 5.11 Å². The fourth-order valence-corrected chi connectivity index (χ4v) is 1.44. The Bertz CT molecular complexity index is 268. The van der Waals surface area contributed by atoms with E-state index in [0.717, 1.165) is 6.42 Å². The number of rotatable bonds is 6. The van der Waals surface area contributed by atoms with E-state index in [0.29, 0.717) is 6.54 Å². The van der Waals surface area contributed by atoms with E-state index in [1.807, 2.05) is 20.8 Å². The molecule has 0 aromatic carbocycles. The van der Waals surface area contributed by atoms with Crippen molar-refractivity contribution in [3.63, 3.8) is 0 Å². The van der Waals surface area contributed by atoms with Gasteiger partial charge in [0.05, 0.1) is 5.92 Å². The summed E-state index contributed by atoms with van der Waals surface area (Å²) in [5.74, 6) is -1.41. The molecule has 100 valence electrons. The molecule has 0 rings (SSSR count). The van der Waals surface area contributed by atoms with E-state index in [-0.39, 0.29) is 18.6 Å². The zero-order valence-corrected chi connectivity index (χ0v) is 11.4. The van der Waals surface area contributed by atoms with Crippen molar-refractivity contribution < 1.29 is 14.7 Å². The molecule has 0 spiro atoms. The maximum Gasteiger partial charge on any atom is 0.319 e. The van der Waals surface area contributed by atoms with Gasteiger partial charge in [0.15, 0.2) is 0 Å². The van der Waals surface area contributed by atoms with Gasteiger partial charge in [-0.25, -0.2) is 4.79 Å². The molecule has 0 aromatic heterocycles. The second kappa shape index (κ2) is 7.14. The average Bonchev–Trinajstić information content (AvgIpc) is 2.32. The summed E-state index contributed by atoms with van der Waals surface area (Å²) in [7, 11) is 1.75. The van der Waals surface area contributed by atoms with E-state index in [2.05, 4.69) is 0 Å². The van der Waals surface area contributed by atoms with Crippen LogP contribution in [0.25, 0.3) is 0 Å². The van der Waals surface area contributed by atoms with Gasteiger partial charge in [-0.05, 0) is 20.3 Å². The van der Waals surface area contributed by atoms with Crippen LogP contribution in [0.15, 0.2) is 0 Å². The Morgan fingerprint density at radius 1 is 1.24 bits per heavy atom. The molecule has 0 saturated carbocycles. The van der Waals surface area contributed by atoms with E-state index in [1.165, 1.54) is 0 Å². The highest BCUT2D eigenvalue weighted by molar-refractivity contribution is 5.76. The zero-order chi connectivity index (χ0) is 13.6. The molecule has 2 unspecified atom stereocenters. The Morgan fingerprint density at radius 2 is 1.76 bits per heavy atom. The number of amides is 2. The Labute approximate surface area is 103 Å². The Hall–Kier alpha value is -1.26. The number of carbonyl (C=O) groups excluding carboxylic acids is 1. The number of aliphatic carboxylic acids is 1. The predicted octanol–water partition coefficient (Wildman–Crippen LogP) is 1.88. The van der Waals surface area contributed by atoms with Crippen LogP contribution in [-0.2, 0) is 4.79 Å². The van der Waals surface area contributed by atoms with Gasteiger partial charge in [-0.3, -0.25) is 4.79 Å². The highest BCUT2D eigenvalue weighted by Gasteiger charge is 2.23. The first-order valence-electron chi connectivity index (χ1n) is 6.09. The monoisotopic (exact) mass is 244 g/mol. The topological polar surface area (TPSA) is 60.9 Å². The molecule has 0 aliphatic rings. The summed E-state index contributed by atoms with van der Waals surface area (Å²) in [6.45, 7) is 8.25. The lowest BCUT2D eigenvalue weighted by atomic mass is 10.1. The molecule has 5 nitrogen and oxygen atoms in total. The minimum absolute atomic E-state index is 0.102. The van der Waals surface area contributed by atoms with Gasteiger partial charge in [-0.1, -0.05) is 13.8 Å². The van der Waals surface area contributed by atoms with Crippen LogP contribution in [0.3, 0.4) is 0 Å². The second-order valence-corrected chi connectivity index (χ2v) is 4.43. The Balaban J connectivity index is 4.55. The van der Waals surface area contributed by atoms with Crippen LogP contribution >= 0.6 is 0 Å². The summed E-state index contributed by atoms with van der Waals surface area (Å²) in [5, 5.41) is 8.85. The molecule has 5 heteroatoms. The molecule has 2 amide bonds. The van der Waals surface area contributed by atoms with E-state index >= 15 is 0 Å². The highest BCUT2D eigenvalue weighted by Crippen LogP contribution is 2.08. The summed E-state index contributed by atoms with van der Waals surface area (Å²) < 4.78 is 0. The van der Waals surface area contributed by atoms with E-state index < -0.39 is 11.9 Å². The van der Waals surface area contributed by atoms with E-state index in [9.17, 15) is 9.59 Å². The normalized spacial score (nSPS) is 13.9. The lowest BCUT2D eigenvalue weighted by molar-refractivity contribution is -0.141. The SMILES string of the molecule is CCC(C)N(C)C(=O)N(CC)CC(C)C(=O)O. The molecule has 0 saturated heterocycles. The van der Waals surface area contributed by atoms with E-state index in [1.54, 1.807) is 23.8 Å². The van der Waals surface area contributed by atoms with Crippen LogP contribution < -0.4 is 0 Å². The zero-order valence-electron chi connectivity index (χ0n) is 11.4. The van der Waals surface area contributed by atoms with Crippen molar-refractivity contribution in [1.29, 1.82) is 0 Å². The Kier molecular flexibility index (Phi) is 6.61. The molecule has 1 N–H and O–H groups in total. The van der Waals surface area contributed by atoms with Gasteiger partial charge in [-0.2, -0.15) is 0 Å². The maximum absolute atomic E-state index is 12.1. The van der Waals surface area contributed by atoms with Gasteiger partial charge < -0.3 is 14.9 Å². The van der Waals surface area contributed by atoms with Crippen molar-refractivity contribution in [2.45, 2.75) is 40.2 Å². The van der Waals surface area contributed by atoms with Crippen molar-refractivity contribution in [3.05, 3.63) is 0 Å². The van der Waals surface area contributed by atoms with Crippen LogP contribution in [-0.4, -0.2) is 53.1 Å². The third-order valence-electron chi connectivity index (χ3n) is 3.12. The first-order valence-corrected chi connectivity index (χ1v) is 6.09. The van der Waals surface area contributed by atoms with Crippen LogP contribution in [0.5, 0.6) is 0 Å². The lowest BCUT2D eigenvalue weighted by Gasteiger charge is -2.31. The average molecular weight is 244 g/mol. The minimum Gasteiger partial charge on any atom is -0.481 e. The predicted molar refractivity (Wildman–Crippen MR) is 67.0 cm³/mol. The van der Waals surface area contributed by atoms with Gasteiger partial charge in [0.2, 0.25) is 0 Å². The molecule has 0 aromatic rings. The fraction of sp³-hybridized carbons (Fsp3) is 0.833. The van der Waals surface area contributed by atoms with Crippen molar-refractivity contribution in [2.75, 3.05) is 20.1 Å². The highest BCUT2D eigenvalue weighted by atomic mass is 16.4. The molecule has 0 aliphatic heterocycles. The molecule has 0 fully saturated rings. The van der Waals surface area contributed by atoms with Gasteiger partial charge in [0, 0.05) is 26.2 Å². The lowest BCUT2D eigenvalue weighted by Crippen LogP contribution is -2.47. The molecule has 0 aliphatic carbocycles. The van der Waals surface area contributed by atoms with Crippen LogP contribution in [0.1, 0.15) is 34.1 Å². The van der Waals surface area contributed by atoms with Crippen molar-refractivity contribution in [3.8, 4) is 0 Å². The smallest absolute Gasteiger partial charge is 0.319 e. The largest absolute Gasteiger partial charge is 0.481 e. The second-order valence-electron chi connectivity index (χ2n) is 4.43. The number of carboxylic acids is 1. The molecular weight excluding hydrogens is 220 g/mol. The first kappa shape index (κ1) is 15.7. The summed E-state index contributed by atoms with van der Waals surface area (Å²) >= 11 is 0. The molecular formula is C12H24N2O3. The third kappa shape index (κ3) is 4.63. The van der Waals surface area contributed by atoms with Gasteiger partial charge in [-0.15, -0.1) is 0 Å². The molecule has 17 heavy (non-hydrogen) atoms. The Morgan fingerprint density at radius 3 is 2.12 bits per heavy atom. The quantitative estimate of drug-likeness (QED) is 0.776. The van der Waals surface area contributed by atoms with Crippen molar-refractivity contribution >= 4 is 12.0 Å². The van der Waals surface area contributed by atoms with Gasteiger partial charge in [0.1, 0.15) is 0 Å².